The Kier molecular flexibility index (Phi) is 6.44. The van der Waals surface area contributed by atoms with Gasteiger partial charge in [0.2, 0.25) is 0 Å². The van der Waals surface area contributed by atoms with E-state index in [1.165, 1.54) is 12.1 Å². The summed E-state index contributed by atoms with van der Waals surface area (Å²) < 4.78 is 0. The number of carbonyl (C=O) groups is 2. The Bertz CT molecular complexity index is 760. The number of rotatable bonds is 5. The number of hydrogen-bond acceptors (Lipinski definition) is 4. The molecule has 0 unspecified atom stereocenters. The van der Waals surface area contributed by atoms with E-state index in [0.717, 1.165) is 12.2 Å². The average Bonchev–Trinajstić information content (AvgIpc) is 2.62. The van der Waals surface area contributed by atoms with E-state index >= 15 is 0 Å². The molecular weight excluding hydrogens is 338 g/mol. The highest BCUT2D eigenvalue weighted by Gasteiger charge is 2.08. The zero-order chi connectivity index (χ0) is 18.2. The van der Waals surface area contributed by atoms with Crippen molar-refractivity contribution in [2.24, 2.45) is 5.84 Å². The fraction of sp³-hybridized carbons (Fsp3) is 0.118. The Morgan fingerprint density at radius 3 is 2.28 bits per heavy atom. The molecule has 0 aliphatic rings. The van der Waals surface area contributed by atoms with E-state index < -0.39 is 5.91 Å². The molecule has 2 rings (SSSR count). The summed E-state index contributed by atoms with van der Waals surface area (Å²) in [5.41, 5.74) is 4.10. The number of nitrogens with two attached hydrogens (primary N) is 1. The summed E-state index contributed by atoms with van der Waals surface area (Å²) in [6.45, 7) is 2.68. The second-order valence-electron chi connectivity index (χ2n) is 4.98. The fourth-order valence-electron chi connectivity index (χ4n) is 1.97. The number of nitrogens with one attached hydrogen (secondary N) is 4. The van der Waals surface area contributed by atoms with Crippen molar-refractivity contribution in [2.45, 2.75) is 6.92 Å². The van der Waals surface area contributed by atoms with Crippen LogP contribution in [0.2, 0.25) is 0 Å². The molecule has 0 aliphatic carbocycles. The number of amides is 2. The lowest BCUT2D eigenvalue weighted by molar-refractivity contribution is 0.0952. The summed E-state index contributed by atoms with van der Waals surface area (Å²) in [6, 6.07) is 14.3. The Morgan fingerprint density at radius 1 is 1.04 bits per heavy atom. The highest BCUT2D eigenvalue weighted by Crippen LogP contribution is 2.13. The number of nitrogen functional groups attached to an aromatic ring is 1. The molecule has 2 aromatic carbocycles. The van der Waals surface area contributed by atoms with Gasteiger partial charge in [-0.3, -0.25) is 15.0 Å². The van der Waals surface area contributed by atoms with Gasteiger partial charge < -0.3 is 16.0 Å². The minimum Gasteiger partial charge on any atom is -0.363 e. The Hall–Kier alpha value is -2.97. The molecular formula is C17H18N5O2S. The van der Waals surface area contributed by atoms with E-state index in [0.29, 0.717) is 16.4 Å². The smallest absolute Gasteiger partial charge is 0.265 e. The lowest BCUT2D eigenvalue weighted by Gasteiger charge is -2.10. The minimum absolute atomic E-state index is 0.273. The number of hydrogen-bond donors (Lipinski definition) is 5. The predicted molar refractivity (Wildman–Crippen MR) is 101 cm³/mol. The molecule has 2 amide bonds. The topological polar surface area (TPSA) is 108 Å². The number of anilines is 2. The zero-order valence-electron chi connectivity index (χ0n) is 13.6. The second-order valence-corrected chi connectivity index (χ2v) is 5.39. The van der Waals surface area contributed by atoms with Crippen molar-refractivity contribution in [2.75, 3.05) is 17.2 Å². The van der Waals surface area contributed by atoms with Gasteiger partial charge in [0.1, 0.15) is 0 Å². The molecule has 0 spiro atoms. The maximum atomic E-state index is 12.2. The molecule has 0 saturated heterocycles. The van der Waals surface area contributed by atoms with Crippen LogP contribution in [0.15, 0.2) is 42.5 Å². The van der Waals surface area contributed by atoms with Crippen LogP contribution in [0.1, 0.15) is 27.6 Å². The van der Waals surface area contributed by atoms with E-state index in [9.17, 15) is 9.59 Å². The number of benzene rings is 2. The van der Waals surface area contributed by atoms with Crippen molar-refractivity contribution in [3.63, 3.8) is 0 Å². The third-order valence-electron chi connectivity index (χ3n) is 3.19. The van der Waals surface area contributed by atoms with E-state index in [4.69, 9.17) is 18.1 Å². The van der Waals surface area contributed by atoms with E-state index in [2.05, 4.69) is 22.0 Å². The molecule has 1 radical (unpaired) electrons. The number of hydrazine groups is 1. The van der Waals surface area contributed by atoms with Crippen molar-refractivity contribution in [1.29, 1.82) is 0 Å². The van der Waals surface area contributed by atoms with Crippen LogP contribution in [0.25, 0.3) is 0 Å². The van der Waals surface area contributed by atoms with Crippen molar-refractivity contribution in [3.05, 3.63) is 59.7 Å². The third kappa shape index (κ3) is 5.27. The van der Waals surface area contributed by atoms with Gasteiger partial charge in [0, 0.05) is 29.0 Å². The minimum atomic E-state index is -0.448. The molecule has 0 saturated carbocycles. The summed E-state index contributed by atoms with van der Waals surface area (Å²) in [4.78, 5) is 23.6. The Labute approximate surface area is 151 Å². The molecule has 2 aromatic rings. The van der Waals surface area contributed by atoms with Crippen molar-refractivity contribution >= 4 is 40.5 Å². The van der Waals surface area contributed by atoms with Crippen LogP contribution in [0.4, 0.5) is 11.4 Å². The summed E-state index contributed by atoms with van der Waals surface area (Å²) in [6.07, 6.45) is 0. The van der Waals surface area contributed by atoms with Gasteiger partial charge in [-0.1, -0.05) is 0 Å². The Morgan fingerprint density at radius 2 is 1.72 bits per heavy atom. The van der Waals surface area contributed by atoms with Gasteiger partial charge >= 0.3 is 0 Å². The first-order valence-corrected chi connectivity index (χ1v) is 7.93. The van der Waals surface area contributed by atoms with Gasteiger partial charge in [0.15, 0.2) is 5.11 Å². The quantitative estimate of drug-likeness (QED) is 0.241. The molecule has 129 valence electrons. The van der Waals surface area contributed by atoms with E-state index in [1.54, 1.807) is 30.3 Å². The van der Waals surface area contributed by atoms with Crippen LogP contribution in [0, 0.1) is 6.07 Å². The SMILES string of the molecule is CCNC(=S)Nc1ccc(C(=O)Nc2c[c]c(C(=O)NN)cc2)cc1. The maximum absolute atomic E-state index is 12.2. The molecule has 6 N–H and O–H groups in total. The van der Waals surface area contributed by atoms with Crippen LogP contribution >= 0.6 is 12.2 Å². The average molecular weight is 356 g/mol. The largest absolute Gasteiger partial charge is 0.363 e. The number of thiocarbonyl (C=S) groups is 1. The highest BCUT2D eigenvalue weighted by molar-refractivity contribution is 7.80. The van der Waals surface area contributed by atoms with Gasteiger partial charge in [-0.25, -0.2) is 5.84 Å². The number of carbonyl (C=O) groups excluding carboxylic acids is 2. The van der Waals surface area contributed by atoms with Crippen LogP contribution in [-0.2, 0) is 0 Å². The van der Waals surface area contributed by atoms with Crippen molar-refractivity contribution < 1.29 is 9.59 Å². The van der Waals surface area contributed by atoms with Gasteiger partial charge in [0.25, 0.3) is 11.8 Å². The summed E-state index contributed by atoms with van der Waals surface area (Å²) in [5, 5.41) is 9.25. The van der Waals surface area contributed by atoms with Crippen molar-refractivity contribution in [1.82, 2.24) is 10.7 Å². The molecule has 8 heteroatoms. The first-order chi connectivity index (χ1) is 12.0. The summed E-state index contributed by atoms with van der Waals surface area (Å²) in [7, 11) is 0. The molecule has 0 aromatic heterocycles. The highest BCUT2D eigenvalue weighted by atomic mass is 32.1. The summed E-state index contributed by atoms with van der Waals surface area (Å²) >= 11 is 5.10. The zero-order valence-corrected chi connectivity index (χ0v) is 14.4. The van der Waals surface area contributed by atoms with Gasteiger partial charge in [-0.15, -0.1) is 0 Å². The van der Waals surface area contributed by atoms with Gasteiger partial charge in [-0.05, 0) is 67.7 Å². The lowest BCUT2D eigenvalue weighted by atomic mass is 10.1. The molecule has 7 nitrogen and oxygen atoms in total. The first-order valence-electron chi connectivity index (χ1n) is 7.52. The Balaban J connectivity index is 1.98. The van der Waals surface area contributed by atoms with Crippen molar-refractivity contribution in [3.8, 4) is 0 Å². The molecule has 0 heterocycles. The lowest BCUT2D eigenvalue weighted by Crippen LogP contribution is -2.30. The third-order valence-corrected chi connectivity index (χ3v) is 3.44. The molecule has 0 fully saturated rings. The van der Waals surface area contributed by atoms with E-state index in [1.807, 2.05) is 12.3 Å². The van der Waals surface area contributed by atoms with Crippen LogP contribution in [0.5, 0.6) is 0 Å². The maximum Gasteiger partial charge on any atom is 0.265 e. The van der Waals surface area contributed by atoms with Crippen LogP contribution in [-0.4, -0.2) is 23.5 Å². The first kappa shape index (κ1) is 18.4. The monoisotopic (exact) mass is 356 g/mol. The normalized spacial score (nSPS) is 9.84. The van der Waals surface area contributed by atoms with Crippen LogP contribution < -0.4 is 27.2 Å². The predicted octanol–water partition coefficient (Wildman–Crippen LogP) is 1.65. The fourth-order valence-corrected chi connectivity index (χ4v) is 2.23. The molecule has 25 heavy (non-hydrogen) atoms. The molecule has 0 aliphatic heterocycles. The summed E-state index contributed by atoms with van der Waals surface area (Å²) in [5.74, 6) is 4.33. The van der Waals surface area contributed by atoms with Crippen LogP contribution in [0.3, 0.4) is 0 Å². The molecule has 0 atom stereocenters. The van der Waals surface area contributed by atoms with Gasteiger partial charge in [0.05, 0.1) is 0 Å². The molecule has 0 bridgehead atoms. The standard InChI is InChI=1S/C17H18N5O2S/c1-2-19-17(25)21-14-9-3-11(4-10-14)15(23)20-13-7-5-12(6-8-13)16(24)22-18/h3-5,7-10H,2,18H2,1H3,(H,20,23)(H,22,24)(H2,19,21,25). The second kappa shape index (κ2) is 8.76. The van der Waals surface area contributed by atoms with Gasteiger partial charge in [-0.2, -0.15) is 0 Å². The van der Waals surface area contributed by atoms with E-state index in [-0.39, 0.29) is 11.5 Å².